The second-order valence-corrected chi connectivity index (χ2v) is 9.67. The Morgan fingerprint density at radius 1 is 0.952 bits per heavy atom. The summed E-state index contributed by atoms with van der Waals surface area (Å²) in [7, 11) is 2.33. The summed E-state index contributed by atoms with van der Waals surface area (Å²) in [6, 6.07) is 17.2. The number of benzene rings is 2. The number of esters is 3. The van der Waals surface area contributed by atoms with Crippen LogP contribution >= 0.6 is 0 Å². The molecule has 1 unspecified atom stereocenters. The summed E-state index contributed by atoms with van der Waals surface area (Å²) in [6.07, 6.45) is 0.880. The number of ether oxygens (including phenoxy) is 3. The third kappa shape index (κ3) is 5.56. The zero-order valence-electron chi connectivity index (χ0n) is 23.7. The lowest BCUT2D eigenvalue weighted by molar-refractivity contribution is -0.149. The van der Waals surface area contributed by atoms with Crippen LogP contribution in [0.5, 0.6) is 0 Å². The van der Waals surface area contributed by atoms with Crippen LogP contribution in [0.25, 0.3) is 0 Å². The number of nitriles is 1. The van der Waals surface area contributed by atoms with Crippen molar-refractivity contribution in [1.29, 1.82) is 5.26 Å². The van der Waals surface area contributed by atoms with Crippen molar-refractivity contribution >= 4 is 29.5 Å². The Kier molecular flexibility index (Phi) is 9.27. The van der Waals surface area contributed by atoms with E-state index in [9.17, 15) is 24.4 Å². The van der Waals surface area contributed by atoms with E-state index < -0.39 is 17.9 Å². The molecule has 1 amide bonds. The Labute approximate surface area is 243 Å². The molecule has 218 valence electrons. The molecule has 1 fully saturated rings. The van der Waals surface area contributed by atoms with Gasteiger partial charge in [-0.3, -0.25) is 14.5 Å². The van der Waals surface area contributed by atoms with Gasteiger partial charge in [0.25, 0.3) is 5.91 Å². The number of anilines is 1. The number of rotatable bonds is 7. The van der Waals surface area contributed by atoms with Gasteiger partial charge in [-0.05, 0) is 37.5 Å². The molecule has 0 bridgehead atoms. The van der Waals surface area contributed by atoms with Gasteiger partial charge in [-0.1, -0.05) is 42.5 Å². The fraction of sp³-hybridized carbons (Fsp3) is 0.323. The molecular weight excluding hydrogens is 540 g/mol. The third-order valence-electron chi connectivity index (χ3n) is 7.39. The van der Waals surface area contributed by atoms with E-state index in [2.05, 4.69) is 6.07 Å². The van der Waals surface area contributed by atoms with Gasteiger partial charge in [0.2, 0.25) is 0 Å². The van der Waals surface area contributed by atoms with Crippen molar-refractivity contribution < 1.29 is 33.4 Å². The Hall–Kier alpha value is -5.11. The van der Waals surface area contributed by atoms with Crippen LogP contribution in [0.15, 0.2) is 77.3 Å². The first-order valence-corrected chi connectivity index (χ1v) is 13.5. The summed E-state index contributed by atoms with van der Waals surface area (Å²) in [5.74, 6) is -3.88. The van der Waals surface area contributed by atoms with Crippen molar-refractivity contribution in [3.63, 3.8) is 0 Å². The maximum absolute atomic E-state index is 13.9. The predicted molar refractivity (Wildman–Crippen MR) is 151 cm³/mol. The minimum Gasteiger partial charge on any atom is -0.466 e. The average molecular weight is 573 g/mol. The van der Waals surface area contributed by atoms with Gasteiger partial charge in [0, 0.05) is 13.1 Å². The van der Waals surface area contributed by atoms with E-state index >= 15 is 0 Å². The Bertz CT molecular complexity index is 1480. The monoisotopic (exact) mass is 572 g/mol. The van der Waals surface area contributed by atoms with Gasteiger partial charge in [-0.15, -0.1) is 0 Å². The summed E-state index contributed by atoms with van der Waals surface area (Å²) >= 11 is 0. The van der Waals surface area contributed by atoms with Gasteiger partial charge < -0.3 is 24.8 Å². The SMILES string of the molecule is CCOC(=O)C1CCN(C(=O)c2ccccc2N2C(N)=C(C#N)C(c3ccccc3)C(C(=O)OC)=C2C(=O)OC)CC1. The number of allylic oxidation sites excluding steroid dienone is 1. The Balaban J connectivity index is 1.85. The molecule has 42 heavy (non-hydrogen) atoms. The van der Waals surface area contributed by atoms with Crippen LogP contribution in [-0.4, -0.2) is 62.6 Å². The van der Waals surface area contributed by atoms with E-state index in [0.29, 0.717) is 31.5 Å². The molecule has 0 aliphatic carbocycles. The summed E-state index contributed by atoms with van der Waals surface area (Å²) in [6.45, 7) is 2.66. The average Bonchev–Trinajstić information content (AvgIpc) is 3.03. The minimum absolute atomic E-state index is 0.00763. The summed E-state index contributed by atoms with van der Waals surface area (Å²) < 4.78 is 15.3. The quantitative estimate of drug-likeness (QED) is 0.387. The van der Waals surface area contributed by atoms with Crippen molar-refractivity contribution in [3.8, 4) is 6.07 Å². The van der Waals surface area contributed by atoms with Gasteiger partial charge in [-0.2, -0.15) is 5.26 Å². The van der Waals surface area contributed by atoms with E-state index in [1.54, 1.807) is 66.4 Å². The molecule has 1 saturated heterocycles. The highest BCUT2D eigenvalue weighted by molar-refractivity contribution is 6.08. The molecule has 0 radical (unpaired) electrons. The third-order valence-corrected chi connectivity index (χ3v) is 7.39. The molecule has 2 aliphatic rings. The van der Waals surface area contributed by atoms with Crippen LogP contribution in [0, 0.1) is 17.2 Å². The van der Waals surface area contributed by atoms with Gasteiger partial charge in [-0.25, -0.2) is 9.59 Å². The number of para-hydroxylation sites is 1. The van der Waals surface area contributed by atoms with Crippen LogP contribution < -0.4 is 10.6 Å². The van der Waals surface area contributed by atoms with Crippen LogP contribution in [0.4, 0.5) is 5.69 Å². The van der Waals surface area contributed by atoms with Crippen molar-refractivity contribution in [1.82, 2.24) is 4.90 Å². The zero-order valence-corrected chi connectivity index (χ0v) is 23.7. The van der Waals surface area contributed by atoms with E-state index in [-0.39, 0.29) is 58.3 Å². The van der Waals surface area contributed by atoms with Crippen molar-refractivity contribution in [2.45, 2.75) is 25.7 Å². The first kappa shape index (κ1) is 29.9. The molecule has 2 aromatic rings. The number of hydrogen-bond acceptors (Lipinski definition) is 10. The second kappa shape index (κ2) is 13.0. The normalized spacial score (nSPS) is 17.4. The number of carbonyl (C=O) groups is 4. The molecule has 0 spiro atoms. The number of nitrogens with two attached hydrogens (primary N) is 1. The number of amides is 1. The van der Waals surface area contributed by atoms with E-state index in [1.165, 1.54) is 12.0 Å². The summed E-state index contributed by atoms with van der Waals surface area (Å²) in [5.41, 5.74) is 7.08. The zero-order chi connectivity index (χ0) is 30.4. The van der Waals surface area contributed by atoms with E-state index in [1.807, 2.05) is 0 Å². The van der Waals surface area contributed by atoms with Crippen LogP contribution in [0.2, 0.25) is 0 Å². The lowest BCUT2D eigenvalue weighted by Gasteiger charge is -2.37. The van der Waals surface area contributed by atoms with Crippen molar-refractivity contribution in [2.24, 2.45) is 11.7 Å². The van der Waals surface area contributed by atoms with Gasteiger partial charge in [0.15, 0.2) is 0 Å². The topological polar surface area (TPSA) is 152 Å². The highest BCUT2D eigenvalue weighted by atomic mass is 16.5. The minimum atomic E-state index is -1.03. The maximum Gasteiger partial charge on any atom is 0.355 e. The Morgan fingerprint density at radius 2 is 1.57 bits per heavy atom. The molecule has 0 aromatic heterocycles. The molecule has 11 nitrogen and oxygen atoms in total. The molecule has 11 heteroatoms. The van der Waals surface area contributed by atoms with Crippen LogP contribution in [-0.2, 0) is 28.6 Å². The van der Waals surface area contributed by atoms with E-state index in [0.717, 1.165) is 7.11 Å². The summed E-state index contributed by atoms with van der Waals surface area (Å²) in [5, 5.41) is 10.3. The number of carbonyl (C=O) groups excluding carboxylic acids is 4. The lowest BCUT2D eigenvalue weighted by atomic mass is 9.80. The smallest absolute Gasteiger partial charge is 0.355 e. The number of methoxy groups -OCH3 is 2. The largest absolute Gasteiger partial charge is 0.466 e. The molecule has 1 atom stereocenters. The fourth-order valence-electron chi connectivity index (χ4n) is 5.36. The molecule has 4 rings (SSSR count). The molecule has 2 aliphatic heterocycles. The standard InChI is InChI=1S/C31H32N4O7/c1-4-42-29(37)20-14-16-34(17-15-20)28(36)21-12-8-9-13-23(21)35-26(31(39)41-3)25(30(38)40-2)24(22(18-32)27(35)33)19-10-6-5-7-11-19/h5-13,20,24H,4,14-17,33H2,1-3H3. The summed E-state index contributed by atoms with van der Waals surface area (Å²) in [4.78, 5) is 55.6. The van der Waals surface area contributed by atoms with Gasteiger partial charge in [0.1, 0.15) is 11.5 Å². The maximum atomic E-state index is 13.9. The number of piperidine rings is 1. The molecule has 0 saturated carbocycles. The molecular formula is C31H32N4O7. The number of nitrogens with zero attached hydrogens (tertiary/aromatic N) is 3. The Morgan fingerprint density at radius 3 is 2.17 bits per heavy atom. The molecule has 2 heterocycles. The fourth-order valence-corrected chi connectivity index (χ4v) is 5.36. The number of hydrogen-bond donors (Lipinski definition) is 1. The number of likely N-dealkylation sites (tertiary alicyclic amines) is 1. The van der Waals surface area contributed by atoms with Gasteiger partial charge in [0.05, 0.1) is 61.1 Å². The second-order valence-electron chi connectivity index (χ2n) is 9.67. The highest BCUT2D eigenvalue weighted by Crippen LogP contribution is 2.44. The van der Waals surface area contributed by atoms with E-state index in [4.69, 9.17) is 19.9 Å². The van der Waals surface area contributed by atoms with Gasteiger partial charge >= 0.3 is 17.9 Å². The molecule has 2 N–H and O–H groups in total. The van der Waals surface area contributed by atoms with Crippen molar-refractivity contribution in [3.05, 3.63) is 88.4 Å². The van der Waals surface area contributed by atoms with Crippen molar-refractivity contribution in [2.75, 3.05) is 38.8 Å². The highest BCUT2D eigenvalue weighted by Gasteiger charge is 2.44. The first-order valence-electron chi connectivity index (χ1n) is 13.5. The molecule has 2 aromatic carbocycles. The van der Waals surface area contributed by atoms with Crippen LogP contribution in [0.1, 0.15) is 41.6 Å². The lowest BCUT2D eigenvalue weighted by Crippen LogP contribution is -2.43. The van der Waals surface area contributed by atoms with Crippen LogP contribution in [0.3, 0.4) is 0 Å². The predicted octanol–water partition coefficient (Wildman–Crippen LogP) is 3.00. The first-order chi connectivity index (χ1) is 20.3.